The van der Waals surface area contributed by atoms with E-state index in [2.05, 4.69) is 9.98 Å². The number of nitrogens with zero attached hydrogens (tertiary/aromatic N) is 2. The van der Waals surface area contributed by atoms with E-state index < -0.39 is 24.3 Å². The monoisotopic (exact) mass is 496 g/mol. The lowest BCUT2D eigenvalue weighted by Crippen LogP contribution is -2.32. The first kappa shape index (κ1) is 23.4. The first-order valence-electron chi connectivity index (χ1n) is 8.98. The Morgan fingerprint density at radius 3 is 1.68 bits per heavy atom. The van der Waals surface area contributed by atoms with E-state index in [-0.39, 0.29) is 15.6 Å². The average molecular weight is 497 g/mol. The van der Waals surface area contributed by atoms with Crippen molar-refractivity contribution < 1.29 is 16.8 Å². The molecule has 3 rings (SSSR count). The lowest BCUT2D eigenvalue weighted by Gasteiger charge is -2.15. The molecule has 1 heterocycles. The van der Waals surface area contributed by atoms with E-state index in [1.807, 2.05) is 13.0 Å². The fourth-order valence-electron chi connectivity index (χ4n) is 2.87. The Labute approximate surface area is 191 Å². The molecule has 0 aliphatic carbocycles. The number of pyridine rings is 1. The molecular weight excluding hydrogens is 479 g/mol. The molecule has 0 saturated heterocycles. The molecular formula is C21H18Cl2N2O4S2. The zero-order chi connectivity index (χ0) is 22.8. The third-order valence-electron chi connectivity index (χ3n) is 4.31. The summed E-state index contributed by atoms with van der Waals surface area (Å²) < 4.78 is 51.3. The van der Waals surface area contributed by atoms with Crippen molar-refractivity contribution in [2.45, 2.75) is 28.2 Å². The van der Waals surface area contributed by atoms with Crippen molar-refractivity contribution >= 4 is 54.9 Å². The number of benzene rings is 2. The number of aliphatic imine (C=N–C) groups is 1. The molecule has 0 saturated carbocycles. The molecule has 10 heteroatoms. The van der Waals surface area contributed by atoms with Crippen LogP contribution in [0.4, 0.5) is 5.82 Å². The summed E-state index contributed by atoms with van der Waals surface area (Å²) in [6, 6.07) is 14.0. The van der Waals surface area contributed by atoms with Crippen LogP contribution in [0.2, 0.25) is 10.0 Å². The molecule has 2 aromatic carbocycles. The highest BCUT2D eigenvalue weighted by molar-refractivity contribution is 8.10. The fraction of sp³-hybridized carbons (Fsp3) is 0.143. The third-order valence-corrected chi connectivity index (χ3v) is 9.66. The number of sulfone groups is 2. The summed E-state index contributed by atoms with van der Waals surface area (Å²) in [4.78, 5) is 7.93. The van der Waals surface area contributed by atoms with Crippen molar-refractivity contribution in [3.63, 3.8) is 0 Å². The van der Waals surface area contributed by atoms with Crippen molar-refractivity contribution in [3.05, 3.63) is 82.0 Å². The van der Waals surface area contributed by atoms with Gasteiger partial charge in [-0.2, -0.15) is 0 Å². The van der Waals surface area contributed by atoms with Gasteiger partial charge in [-0.05, 0) is 80.1 Å². The second kappa shape index (κ2) is 9.08. The summed E-state index contributed by atoms with van der Waals surface area (Å²) in [5.41, 5.74) is 1.53. The van der Waals surface area contributed by atoms with Gasteiger partial charge in [0.05, 0.1) is 9.79 Å². The molecule has 0 atom stereocenters. The smallest absolute Gasteiger partial charge is 0.206 e. The number of hydrogen-bond acceptors (Lipinski definition) is 6. The second-order valence-corrected chi connectivity index (χ2v) is 12.1. The van der Waals surface area contributed by atoms with Gasteiger partial charge in [-0.1, -0.05) is 23.2 Å². The Morgan fingerprint density at radius 2 is 1.26 bits per heavy atom. The van der Waals surface area contributed by atoms with Crippen LogP contribution in [0.1, 0.15) is 11.3 Å². The fourth-order valence-corrected chi connectivity index (χ4v) is 7.13. The molecule has 0 fully saturated rings. The van der Waals surface area contributed by atoms with E-state index >= 15 is 0 Å². The lowest BCUT2D eigenvalue weighted by atomic mass is 10.2. The van der Waals surface area contributed by atoms with Crippen LogP contribution in [-0.4, -0.2) is 32.6 Å². The molecule has 0 amide bonds. The minimum atomic E-state index is -4.38. The van der Waals surface area contributed by atoms with E-state index in [0.29, 0.717) is 15.7 Å². The van der Waals surface area contributed by atoms with Crippen LogP contribution >= 0.6 is 23.2 Å². The molecule has 0 aliphatic heterocycles. The zero-order valence-corrected chi connectivity index (χ0v) is 19.7. The predicted octanol–water partition coefficient (Wildman–Crippen LogP) is 4.98. The van der Waals surface area contributed by atoms with Gasteiger partial charge in [-0.25, -0.2) is 26.8 Å². The quantitative estimate of drug-likeness (QED) is 0.448. The highest BCUT2D eigenvalue weighted by atomic mass is 35.5. The van der Waals surface area contributed by atoms with Crippen molar-refractivity contribution in [3.8, 4) is 0 Å². The maximum atomic E-state index is 13.3. The van der Waals surface area contributed by atoms with Crippen LogP contribution in [0.5, 0.6) is 0 Å². The van der Waals surface area contributed by atoms with E-state index in [0.717, 1.165) is 11.8 Å². The van der Waals surface area contributed by atoms with Crippen LogP contribution in [0.3, 0.4) is 0 Å². The molecule has 0 unspecified atom stereocenters. The Balaban J connectivity index is 2.16. The SMILES string of the molecule is Cc1cc(C)nc(N=CC(S(=O)(=O)c2ccc(Cl)cc2)S(=O)(=O)c2ccc(Cl)cc2)c1. The number of hydrogen-bond donors (Lipinski definition) is 0. The van der Waals surface area contributed by atoms with E-state index in [9.17, 15) is 16.8 Å². The normalized spacial score (nSPS) is 12.5. The maximum absolute atomic E-state index is 13.3. The molecule has 31 heavy (non-hydrogen) atoms. The molecule has 0 radical (unpaired) electrons. The minimum Gasteiger partial charge on any atom is -0.239 e. The summed E-state index contributed by atoms with van der Waals surface area (Å²) in [7, 11) is -8.76. The Kier molecular flexibility index (Phi) is 6.85. The van der Waals surface area contributed by atoms with Crippen LogP contribution in [0.15, 0.2) is 75.4 Å². The number of aromatic nitrogens is 1. The summed E-state index contributed by atoms with van der Waals surface area (Å²) in [5.74, 6) is 0.208. The zero-order valence-electron chi connectivity index (χ0n) is 16.5. The second-order valence-electron chi connectivity index (χ2n) is 6.79. The van der Waals surface area contributed by atoms with Crippen LogP contribution in [0.25, 0.3) is 0 Å². The summed E-state index contributed by atoms with van der Waals surface area (Å²) in [6.07, 6.45) is 0.898. The molecule has 3 aromatic rings. The molecule has 1 aromatic heterocycles. The first-order valence-corrected chi connectivity index (χ1v) is 12.8. The summed E-state index contributed by atoms with van der Waals surface area (Å²) in [6.45, 7) is 3.60. The Bertz CT molecular complexity index is 1240. The van der Waals surface area contributed by atoms with Crippen LogP contribution in [0, 0.1) is 13.8 Å². The number of aryl methyl sites for hydroxylation is 2. The Morgan fingerprint density at radius 1 is 0.806 bits per heavy atom. The van der Waals surface area contributed by atoms with Gasteiger partial charge >= 0.3 is 0 Å². The third kappa shape index (κ3) is 5.33. The maximum Gasteiger partial charge on any atom is 0.206 e. The van der Waals surface area contributed by atoms with E-state index in [1.54, 1.807) is 13.0 Å². The average Bonchev–Trinajstić information content (AvgIpc) is 2.67. The molecule has 0 N–H and O–H groups in total. The first-order chi connectivity index (χ1) is 14.5. The van der Waals surface area contributed by atoms with Crippen LogP contribution < -0.4 is 0 Å². The topological polar surface area (TPSA) is 93.5 Å². The van der Waals surface area contributed by atoms with Gasteiger partial charge < -0.3 is 0 Å². The summed E-state index contributed by atoms with van der Waals surface area (Å²) >= 11 is 11.7. The van der Waals surface area contributed by atoms with Crippen LogP contribution in [-0.2, 0) is 19.7 Å². The van der Waals surface area contributed by atoms with Crippen molar-refractivity contribution in [2.75, 3.05) is 0 Å². The number of rotatable bonds is 6. The standard InChI is InChI=1S/C21H18Cl2N2O4S2/c1-14-11-15(2)25-20(12-14)24-13-21(30(26,27)18-7-3-16(22)4-8-18)31(28,29)19-9-5-17(23)6-10-19/h3-13,21H,1-2H3. The molecule has 0 aliphatic rings. The van der Waals surface area contributed by atoms with Crippen molar-refractivity contribution in [1.29, 1.82) is 0 Å². The minimum absolute atomic E-state index is 0.195. The highest BCUT2D eigenvalue weighted by Gasteiger charge is 2.39. The molecule has 6 nitrogen and oxygen atoms in total. The van der Waals surface area contributed by atoms with Gasteiger partial charge in [0.2, 0.25) is 24.3 Å². The van der Waals surface area contributed by atoms with Gasteiger partial charge in [0.15, 0.2) is 5.82 Å². The van der Waals surface area contributed by atoms with Gasteiger partial charge in [-0.3, -0.25) is 0 Å². The van der Waals surface area contributed by atoms with Gasteiger partial charge in [-0.15, -0.1) is 0 Å². The number of halogens is 2. The van der Waals surface area contributed by atoms with Crippen molar-refractivity contribution in [2.24, 2.45) is 4.99 Å². The van der Waals surface area contributed by atoms with E-state index in [4.69, 9.17) is 23.2 Å². The van der Waals surface area contributed by atoms with E-state index in [1.165, 1.54) is 48.5 Å². The van der Waals surface area contributed by atoms with Gasteiger partial charge in [0, 0.05) is 22.0 Å². The largest absolute Gasteiger partial charge is 0.239 e. The molecule has 162 valence electrons. The van der Waals surface area contributed by atoms with Gasteiger partial charge in [0.1, 0.15) is 0 Å². The predicted molar refractivity (Wildman–Crippen MR) is 123 cm³/mol. The molecule has 0 bridgehead atoms. The lowest BCUT2D eigenvalue weighted by molar-refractivity contribution is 0.584. The summed E-state index contributed by atoms with van der Waals surface area (Å²) in [5, 5.41) is 0.647. The molecule has 0 spiro atoms. The Hall–Kier alpha value is -2.26. The van der Waals surface area contributed by atoms with Gasteiger partial charge in [0.25, 0.3) is 0 Å². The highest BCUT2D eigenvalue weighted by Crippen LogP contribution is 2.27. The van der Waals surface area contributed by atoms with Crippen molar-refractivity contribution in [1.82, 2.24) is 4.98 Å².